The van der Waals surface area contributed by atoms with Gasteiger partial charge in [0.2, 0.25) is 0 Å². The third-order valence-corrected chi connectivity index (χ3v) is 4.09. The number of benzene rings is 1. The van der Waals surface area contributed by atoms with E-state index < -0.39 is 0 Å². The lowest BCUT2D eigenvalue weighted by Crippen LogP contribution is -2.44. The Kier molecular flexibility index (Phi) is 4.14. The highest BCUT2D eigenvalue weighted by Gasteiger charge is 2.25. The number of hydrogen-bond donors (Lipinski definition) is 2. The number of halogens is 1. The first-order chi connectivity index (χ1) is 9.74. The smallest absolute Gasteiger partial charge is 0.274 e. The molecule has 0 aliphatic carbocycles. The molecular formula is C14H17BrN4O. The van der Waals surface area contributed by atoms with Crippen molar-refractivity contribution in [2.24, 2.45) is 4.99 Å². The van der Waals surface area contributed by atoms with E-state index in [0.717, 1.165) is 48.4 Å². The number of aliphatic imine (C=N–C) groups is 1. The molecule has 2 N–H and O–H groups in total. The molecule has 106 valence electrons. The molecule has 1 saturated heterocycles. The number of carbonyl (C=O) groups excluding carboxylic acids is 1. The van der Waals surface area contributed by atoms with Crippen molar-refractivity contribution in [2.45, 2.75) is 0 Å². The molecule has 1 aromatic carbocycles. The van der Waals surface area contributed by atoms with Crippen molar-refractivity contribution in [3.05, 3.63) is 28.2 Å². The summed E-state index contributed by atoms with van der Waals surface area (Å²) in [6.45, 7) is 5.74. The Morgan fingerprint density at radius 3 is 2.90 bits per heavy atom. The van der Waals surface area contributed by atoms with E-state index in [2.05, 4.69) is 36.5 Å². The Balaban J connectivity index is 1.68. The third-order valence-electron chi connectivity index (χ3n) is 3.60. The Bertz CT molecular complexity index is 552. The lowest BCUT2D eigenvalue weighted by molar-refractivity contribution is -0.110. The van der Waals surface area contributed by atoms with Gasteiger partial charge in [-0.05, 0) is 18.2 Å². The minimum absolute atomic E-state index is 0.0987. The summed E-state index contributed by atoms with van der Waals surface area (Å²) in [5.74, 6) is -0.0987. The van der Waals surface area contributed by atoms with E-state index in [1.807, 2.05) is 18.2 Å². The van der Waals surface area contributed by atoms with Gasteiger partial charge in [-0.3, -0.25) is 14.7 Å². The van der Waals surface area contributed by atoms with Crippen molar-refractivity contribution >= 4 is 33.2 Å². The number of fused-ring (bicyclic) bond motifs is 1. The van der Waals surface area contributed by atoms with Crippen LogP contribution in [0.15, 0.2) is 27.7 Å². The standard InChI is InChI=1S/C14H17BrN4O/c15-10-1-2-12-11(9-10)13(14(20)18-12)17-5-8-19-6-3-16-4-7-19/h1-2,9,16H,3-8H2,(H,17,18,20). The molecule has 0 radical (unpaired) electrons. The van der Waals surface area contributed by atoms with Gasteiger partial charge in [-0.25, -0.2) is 0 Å². The van der Waals surface area contributed by atoms with Crippen molar-refractivity contribution in [3.63, 3.8) is 0 Å². The zero-order valence-electron chi connectivity index (χ0n) is 11.2. The van der Waals surface area contributed by atoms with E-state index in [4.69, 9.17) is 0 Å². The number of anilines is 1. The lowest BCUT2D eigenvalue weighted by Gasteiger charge is -2.26. The maximum atomic E-state index is 11.9. The van der Waals surface area contributed by atoms with Gasteiger partial charge in [0.15, 0.2) is 0 Å². The third kappa shape index (κ3) is 2.92. The van der Waals surface area contributed by atoms with E-state index in [0.29, 0.717) is 12.3 Å². The molecule has 2 aliphatic heterocycles. The van der Waals surface area contributed by atoms with E-state index in [1.165, 1.54) is 0 Å². The molecule has 0 atom stereocenters. The van der Waals surface area contributed by atoms with Crippen molar-refractivity contribution in [3.8, 4) is 0 Å². The molecule has 2 heterocycles. The zero-order chi connectivity index (χ0) is 13.9. The van der Waals surface area contributed by atoms with Crippen LogP contribution in [0.3, 0.4) is 0 Å². The molecule has 0 spiro atoms. The summed E-state index contributed by atoms with van der Waals surface area (Å²) in [7, 11) is 0. The average Bonchev–Trinajstić information content (AvgIpc) is 2.76. The minimum Gasteiger partial charge on any atom is -0.320 e. The molecule has 3 rings (SSSR count). The predicted molar refractivity (Wildman–Crippen MR) is 83.5 cm³/mol. The summed E-state index contributed by atoms with van der Waals surface area (Å²) in [5.41, 5.74) is 2.29. The fourth-order valence-corrected chi connectivity index (χ4v) is 2.88. The molecule has 0 unspecified atom stereocenters. The monoisotopic (exact) mass is 336 g/mol. The summed E-state index contributed by atoms with van der Waals surface area (Å²) in [4.78, 5) is 18.8. The first-order valence-corrected chi connectivity index (χ1v) is 7.62. The van der Waals surface area contributed by atoms with Crippen molar-refractivity contribution in [1.82, 2.24) is 10.2 Å². The van der Waals surface area contributed by atoms with Gasteiger partial charge in [-0.15, -0.1) is 0 Å². The van der Waals surface area contributed by atoms with E-state index in [1.54, 1.807) is 0 Å². The van der Waals surface area contributed by atoms with Gasteiger partial charge in [0.1, 0.15) is 5.71 Å². The minimum atomic E-state index is -0.0987. The molecule has 2 aliphatic rings. The number of nitrogens with one attached hydrogen (secondary N) is 2. The summed E-state index contributed by atoms with van der Waals surface area (Å²) in [6, 6.07) is 5.76. The van der Waals surface area contributed by atoms with Crippen molar-refractivity contribution < 1.29 is 4.79 Å². The maximum absolute atomic E-state index is 11.9. The molecule has 0 aromatic heterocycles. The molecule has 1 amide bonds. The van der Waals surface area contributed by atoms with Crippen LogP contribution < -0.4 is 10.6 Å². The van der Waals surface area contributed by atoms with Gasteiger partial charge in [-0.1, -0.05) is 15.9 Å². The van der Waals surface area contributed by atoms with E-state index in [-0.39, 0.29) is 5.91 Å². The number of piperazine rings is 1. The van der Waals surface area contributed by atoms with E-state index in [9.17, 15) is 4.79 Å². The summed E-state index contributed by atoms with van der Waals surface area (Å²) in [5, 5.41) is 6.17. The van der Waals surface area contributed by atoms with Crippen LogP contribution in [0.25, 0.3) is 0 Å². The molecule has 0 saturated carbocycles. The van der Waals surface area contributed by atoms with Crippen LogP contribution in [0.2, 0.25) is 0 Å². The molecule has 20 heavy (non-hydrogen) atoms. The van der Waals surface area contributed by atoms with E-state index >= 15 is 0 Å². The lowest BCUT2D eigenvalue weighted by atomic mass is 10.1. The van der Waals surface area contributed by atoms with Crippen LogP contribution >= 0.6 is 15.9 Å². The highest BCUT2D eigenvalue weighted by molar-refractivity contribution is 9.10. The first-order valence-electron chi connectivity index (χ1n) is 6.83. The van der Waals surface area contributed by atoms with Gasteiger partial charge in [0.05, 0.1) is 12.2 Å². The van der Waals surface area contributed by atoms with Crippen LogP contribution in [0, 0.1) is 0 Å². The number of nitrogens with zero attached hydrogens (tertiary/aromatic N) is 2. The number of amides is 1. The Labute approximate surface area is 126 Å². The topological polar surface area (TPSA) is 56.7 Å². The maximum Gasteiger partial charge on any atom is 0.274 e. The Morgan fingerprint density at radius 2 is 2.10 bits per heavy atom. The molecule has 5 nitrogen and oxygen atoms in total. The predicted octanol–water partition coefficient (Wildman–Crippen LogP) is 1.10. The van der Waals surface area contributed by atoms with Crippen LogP contribution in [0.1, 0.15) is 5.56 Å². The SMILES string of the molecule is O=C1Nc2ccc(Br)cc2C1=NCCN1CCNCC1. The van der Waals surface area contributed by atoms with Gasteiger partial charge in [-0.2, -0.15) is 0 Å². The number of rotatable bonds is 3. The molecular weight excluding hydrogens is 320 g/mol. The molecule has 6 heteroatoms. The second-order valence-corrected chi connectivity index (χ2v) is 5.88. The largest absolute Gasteiger partial charge is 0.320 e. The average molecular weight is 337 g/mol. The van der Waals surface area contributed by atoms with Gasteiger partial charge >= 0.3 is 0 Å². The van der Waals surface area contributed by atoms with Crippen LogP contribution in [-0.4, -0.2) is 55.8 Å². The normalized spacial score (nSPS) is 21.1. The molecule has 1 fully saturated rings. The van der Waals surface area contributed by atoms with Crippen LogP contribution in [0.4, 0.5) is 5.69 Å². The quantitative estimate of drug-likeness (QED) is 0.868. The Morgan fingerprint density at radius 1 is 1.30 bits per heavy atom. The molecule has 0 bridgehead atoms. The van der Waals surface area contributed by atoms with Gasteiger partial charge in [0, 0.05) is 42.8 Å². The first kappa shape index (κ1) is 13.7. The van der Waals surface area contributed by atoms with Crippen LogP contribution in [0.5, 0.6) is 0 Å². The fourth-order valence-electron chi connectivity index (χ4n) is 2.52. The number of hydrogen-bond acceptors (Lipinski definition) is 4. The summed E-state index contributed by atoms with van der Waals surface area (Å²) < 4.78 is 0.961. The molecule has 1 aromatic rings. The van der Waals surface area contributed by atoms with Gasteiger partial charge in [0.25, 0.3) is 5.91 Å². The second kappa shape index (κ2) is 6.03. The summed E-state index contributed by atoms with van der Waals surface area (Å²) in [6.07, 6.45) is 0. The highest BCUT2D eigenvalue weighted by Crippen LogP contribution is 2.26. The Hall–Kier alpha value is -1.24. The van der Waals surface area contributed by atoms with Gasteiger partial charge < -0.3 is 10.6 Å². The van der Waals surface area contributed by atoms with Crippen molar-refractivity contribution in [2.75, 3.05) is 44.6 Å². The number of carbonyl (C=O) groups is 1. The highest BCUT2D eigenvalue weighted by atomic mass is 79.9. The summed E-state index contributed by atoms with van der Waals surface area (Å²) >= 11 is 3.43. The van der Waals surface area contributed by atoms with Crippen LogP contribution in [-0.2, 0) is 4.79 Å². The van der Waals surface area contributed by atoms with Crippen molar-refractivity contribution in [1.29, 1.82) is 0 Å². The zero-order valence-corrected chi connectivity index (χ0v) is 12.7. The fraction of sp³-hybridized carbons (Fsp3) is 0.429. The second-order valence-electron chi connectivity index (χ2n) is 4.97.